The Morgan fingerprint density at radius 2 is 2.11 bits per heavy atom. The molecule has 0 bridgehead atoms. The molecule has 0 saturated carbocycles. The van der Waals surface area contributed by atoms with E-state index in [1.165, 1.54) is 12.1 Å². The molecule has 0 radical (unpaired) electrons. The molecule has 0 spiro atoms. The number of rotatable bonds is 6. The summed E-state index contributed by atoms with van der Waals surface area (Å²) < 4.78 is 13.3. The zero-order valence-corrected chi connectivity index (χ0v) is 16.6. The van der Waals surface area contributed by atoms with Crippen LogP contribution in [0.3, 0.4) is 0 Å². The Hall–Kier alpha value is -2.44. The Morgan fingerprint density at radius 1 is 1.32 bits per heavy atom. The monoisotopic (exact) mass is 389 g/mol. The average Bonchev–Trinajstić information content (AvgIpc) is 3.16. The standard InChI is InChI=1S/C21H28FN3O3/c1-3-24(4-2)20(26)16-8-6-10-25(14-16)21(27)19-13-18(23-28-19)12-15-7-5-9-17(22)11-15/h5,7,9,11,16,19H,3-4,6,8,10,12-14H2,1-2H3/t16-,19+/m1/s1. The molecule has 1 saturated heterocycles. The van der Waals surface area contributed by atoms with E-state index >= 15 is 0 Å². The van der Waals surface area contributed by atoms with Crippen LogP contribution in [0.15, 0.2) is 29.4 Å². The average molecular weight is 389 g/mol. The first kappa shape index (κ1) is 20.3. The Balaban J connectivity index is 1.55. The Kier molecular flexibility index (Phi) is 6.65. The van der Waals surface area contributed by atoms with Crippen molar-refractivity contribution in [1.82, 2.24) is 9.80 Å². The molecular formula is C21H28FN3O3. The Labute approximate surface area is 165 Å². The van der Waals surface area contributed by atoms with Crippen LogP contribution in [0.5, 0.6) is 0 Å². The molecule has 1 aromatic carbocycles. The molecule has 0 aromatic heterocycles. The number of amides is 2. The van der Waals surface area contributed by atoms with Gasteiger partial charge in [-0.25, -0.2) is 4.39 Å². The highest BCUT2D eigenvalue weighted by molar-refractivity contribution is 5.94. The lowest BCUT2D eigenvalue weighted by molar-refractivity contribution is -0.147. The van der Waals surface area contributed by atoms with Gasteiger partial charge in [0.15, 0.2) is 0 Å². The van der Waals surface area contributed by atoms with Crippen LogP contribution in [0.2, 0.25) is 0 Å². The van der Waals surface area contributed by atoms with Gasteiger partial charge in [-0.15, -0.1) is 0 Å². The van der Waals surface area contributed by atoms with Crippen molar-refractivity contribution < 1.29 is 18.8 Å². The summed E-state index contributed by atoms with van der Waals surface area (Å²) in [6.45, 7) is 6.38. The van der Waals surface area contributed by atoms with Crippen molar-refractivity contribution in [2.45, 2.75) is 45.6 Å². The summed E-state index contributed by atoms with van der Waals surface area (Å²) in [5.74, 6) is -0.429. The second kappa shape index (κ2) is 9.17. The van der Waals surface area contributed by atoms with E-state index in [1.807, 2.05) is 24.8 Å². The van der Waals surface area contributed by atoms with Crippen LogP contribution in [0, 0.1) is 11.7 Å². The second-order valence-electron chi connectivity index (χ2n) is 7.40. The van der Waals surface area contributed by atoms with Gasteiger partial charge in [0.05, 0.1) is 11.6 Å². The second-order valence-corrected chi connectivity index (χ2v) is 7.40. The van der Waals surface area contributed by atoms with Gasteiger partial charge in [-0.05, 0) is 44.4 Å². The van der Waals surface area contributed by atoms with Crippen molar-refractivity contribution >= 4 is 17.5 Å². The third-order valence-corrected chi connectivity index (χ3v) is 5.46. The van der Waals surface area contributed by atoms with Gasteiger partial charge < -0.3 is 14.6 Å². The van der Waals surface area contributed by atoms with E-state index in [2.05, 4.69) is 5.16 Å². The van der Waals surface area contributed by atoms with Crippen LogP contribution in [-0.4, -0.2) is 59.6 Å². The number of halogens is 1. The predicted octanol–water partition coefficient (Wildman–Crippen LogP) is 2.62. The molecule has 0 aliphatic carbocycles. The molecular weight excluding hydrogens is 361 g/mol. The SMILES string of the molecule is CCN(CC)C(=O)[C@@H]1CCCN(C(=O)[C@@H]2CC(Cc3cccc(F)c3)=NO2)C1. The van der Waals surface area contributed by atoms with Gasteiger partial charge >= 0.3 is 0 Å². The summed E-state index contributed by atoms with van der Waals surface area (Å²) in [5, 5.41) is 4.04. The highest BCUT2D eigenvalue weighted by Gasteiger charge is 2.36. The first-order valence-electron chi connectivity index (χ1n) is 10.0. The lowest BCUT2D eigenvalue weighted by Crippen LogP contribution is -2.49. The van der Waals surface area contributed by atoms with Crippen LogP contribution in [0.1, 0.15) is 38.7 Å². The zero-order valence-electron chi connectivity index (χ0n) is 16.6. The summed E-state index contributed by atoms with van der Waals surface area (Å²) in [6.07, 6.45) is 1.84. The molecule has 0 N–H and O–H groups in total. The third-order valence-electron chi connectivity index (χ3n) is 5.46. The number of hydrogen-bond acceptors (Lipinski definition) is 4. The van der Waals surface area contributed by atoms with Gasteiger partial charge in [0.2, 0.25) is 12.0 Å². The maximum atomic E-state index is 13.3. The van der Waals surface area contributed by atoms with E-state index < -0.39 is 6.10 Å². The zero-order chi connectivity index (χ0) is 20.1. The van der Waals surface area contributed by atoms with Crippen LogP contribution in [0.4, 0.5) is 4.39 Å². The molecule has 1 fully saturated rings. The lowest BCUT2D eigenvalue weighted by atomic mass is 9.95. The molecule has 152 valence electrons. The smallest absolute Gasteiger partial charge is 0.266 e. The molecule has 2 amide bonds. The molecule has 2 aliphatic rings. The van der Waals surface area contributed by atoms with Crippen molar-refractivity contribution in [1.29, 1.82) is 0 Å². The fourth-order valence-electron chi connectivity index (χ4n) is 3.92. The Bertz CT molecular complexity index is 748. The van der Waals surface area contributed by atoms with E-state index in [0.29, 0.717) is 39.0 Å². The first-order valence-corrected chi connectivity index (χ1v) is 10.0. The molecule has 0 unspecified atom stereocenters. The number of oxime groups is 1. The van der Waals surface area contributed by atoms with Gasteiger partial charge in [-0.3, -0.25) is 9.59 Å². The predicted molar refractivity (Wildman–Crippen MR) is 104 cm³/mol. The molecule has 2 atom stereocenters. The molecule has 3 rings (SSSR count). The number of likely N-dealkylation sites (tertiary alicyclic amines) is 1. The van der Waals surface area contributed by atoms with E-state index in [1.54, 1.807) is 11.0 Å². The van der Waals surface area contributed by atoms with Crippen LogP contribution in [-0.2, 0) is 20.8 Å². The van der Waals surface area contributed by atoms with E-state index in [0.717, 1.165) is 24.1 Å². The van der Waals surface area contributed by atoms with Crippen molar-refractivity contribution in [3.8, 4) is 0 Å². The minimum absolute atomic E-state index is 0.116. The lowest BCUT2D eigenvalue weighted by Gasteiger charge is -2.35. The molecule has 2 aliphatic heterocycles. The normalized spacial score (nSPS) is 21.8. The number of nitrogens with zero attached hydrogens (tertiary/aromatic N) is 3. The van der Waals surface area contributed by atoms with Crippen LogP contribution < -0.4 is 0 Å². The summed E-state index contributed by atoms with van der Waals surface area (Å²) in [6, 6.07) is 6.35. The van der Waals surface area contributed by atoms with Crippen molar-refractivity contribution in [3.05, 3.63) is 35.6 Å². The van der Waals surface area contributed by atoms with Gasteiger partial charge in [0, 0.05) is 39.0 Å². The van der Waals surface area contributed by atoms with Crippen molar-refractivity contribution in [3.63, 3.8) is 0 Å². The summed E-state index contributed by atoms with van der Waals surface area (Å²) in [7, 11) is 0. The number of carbonyl (C=O) groups is 2. The maximum absolute atomic E-state index is 13.3. The number of carbonyl (C=O) groups excluding carboxylic acids is 2. The molecule has 1 aromatic rings. The molecule has 28 heavy (non-hydrogen) atoms. The summed E-state index contributed by atoms with van der Waals surface area (Å²) in [4.78, 5) is 34.4. The van der Waals surface area contributed by atoms with E-state index in [4.69, 9.17) is 4.84 Å². The quantitative estimate of drug-likeness (QED) is 0.751. The van der Waals surface area contributed by atoms with Gasteiger partial charge in [-0.2, -0.15) is 0 Å². The van der Waals surface area contributed by atoms with Crippen LogP contribution >= 0.6 is 0 Å². The third kappa shape index (κ3) is 4.69. The fourth-order valence-corrected chi connectivity index (χ4v) is 3.92. The van der Waals surface area contributed by atoms with Crippen molar-refractivity contribution in [2.24, 2.45) is 11.1 Å². The highest BCUT2D eigenvalue weighted by Crippen LogP contribution is 2.23. The van der Waals surface area contributed by atoms with Crippen LogP contribution in [0.25, 0.3) is 0 Å². The minimum atomic E-state index is -0.647. The highest BCUT2D eigenvalue weighted by atomic mass is 19.1. The Morgan fingerprint density at radius 3 is 2.82 bits per heavy atom. The topological polar surface area (TPSA) is 62.2 Å². The largest absolute Gasteiger partial charge is 0.382 e. The fraction of sp³-hybridized carbons (Fsp3) is 0.571. The van der Waals surface area contributed by atoms with Crippen molar-refractivity contribution in [2.75, 3.05) is 26.2 Å². The van der Waals surface area contributed by atoms with E-state index in [9.17, 15) is 14.0 Å². The first-order chi connectivity index (χ1) is 13.5. The molecule has 7 heteroatoms. The number of benzene rings is 1. The summed E-state index contributed by atoms with van der Waals surface area (Å²) in [5.41, 5.74) is 1.54. The number of piperidine rings is 1. The van der Waals surface area contributed by atoms with Gasteiger partial charge in [0.1, 0.15) is 5.82 Å². The van der Waals surface area contributed by atoms with E-state index in [-0.39, 0.29) is 23.5 Å². The summed E-state index contributed by atoms with van der Waals surface area (Å²) >= 11 is 0. The molecule has 2 heterocycles. The molecule has 6 nitrogen and oxygen atoms in total. The minimum Gasteiger partial charge on any atom is -0.382 e. The van der Waals surface area contributed by atoms with Gasteiger partial charge in [-0.1, -0.05) is 17.3 Å². The van der Waals surface area contributed by atoms with Gasteiger partial charge in [0.25, 0.3) is 5.91 Å². The number of hydrogen-bond donors (Lipinski definition) is 0. The maximum Gasteiger partial charge on any atom is 0.266 e.